The van der Waals surface area contributed by atoms with E-state index in [1.807, 2.05) is 13.0 Å². The fourth-order valence-corrected chi connectivity index (χ4v) is 1.05. The van der Waals surface area contributed by atoms with Gasteiger partial charge in [-0.1, -0.05) is 19.4 Å². The van der Waals surface area contributed by atoms with E-state index in [9.17, 15) is 4.39 Å². The molecule has 0 bridgehead atoms. The molecule has 12 heavy (non-hydrogen) atoms. The van der Waals surface area contributed by atoms with Gasteiger partial charge in [-0.25, -0.2) is 4.98 Å². The molecular weight excluding hydrogens is 155 g/mol. The van der Waals surface area contributed by atoms with Gasteiger partial charge in [-0.2, -0.15) is 4.39 Å². The van der Waals surface area contributed by atoms with Gasteiger partial charge in [-0.15, -0.1) is 0 Å². The van der Waals surface area contributed by atoms with Crippen molar-refractivity contribution < 1.29 is 4.39 Å². The summed E-state index contributed by atoms with van der Waals surface area (Å²) in [5, 5.41) is 0. The highest BCUT2D eigenvalue weighted by Crippen LogP contribution is 2.06. The second-order valence-corrected chi connectivity index (χ2v) is 2.71. The third kappa shape index (κ3) is 2.01. The van der Waals surface area contributed by atoms with Crippen molar-refractivity contribution in [2.75, 3.05) is 0 Å². The summed E-state index contributed by atoms with van der Waals surface area (Å²) < 4.78 is 13.0. The van der Waals surface area contributed by atoms with Gasteiger partial charge in [-0.05, 0) is 12.5 Å². The van der Waals surface area contributed by atoms with Crippen LogP contribution in [-0.2, 0) is 13.0 Å². The first-order valence-corrected chi connectivity index (χ1v) is 4.12. The van der Waals surface area contributed by atoms with E-state index >= 15 is 0 Å². The van der Waals surface area contributed by atoms with E-state index < -0.39 is 5.95 Å². The van der Waals surface area contributed by atoms with Gasteiger partial charge in [0, 0.05) is 17.8 Å². The molecule has 0 fully saturated rings. The van der Waals surface area contributed by atoms with Gasteiger partial charge in [-0.3, -0.25) is 0 Å². The van der Waals surface area contributed by atoms with Crippen LogP contribution in [0.2, 0.25) is 0 Å². The lowest BCUT2D eigenvalue weighted by molar-refractivity contribution is 0.559. The molecule has 1 rings (SSSR count). The van der Waals surface area contributed by atoms with E-state index in [0.717, 1.165) is 18.5 Å². The molecule has 0 aromatic carbocycles. The van der Waals surface area contributed by atoms with Crippen LogP contribution < -0.4 is 5.73 Å². The van der Waals surface area contributed by atoms with Crippen LogP contribution in [0.4, 0.5) is 4.39 Å². The molecule has 0 radical (unpaired) electrons. The molecule has 0 saturated carbocycles. The minimum atomic E-state index is -0.427. The van der Waals surface area contributed by atoms with E-state index in [1.165, 1.54) is 0 Å². The van der Waals surface area contributed by atoms with Gasteiger partial charge in [0.15, 0.2) is 0 Å². The molecule has 0 saturated heterocycles. The van der Waals surface area contributed by atoms with Crippen molar-refractivity contribution in [3.05, 3.63) is 29.3 Å². The summed E-state index contributed by atoms with van der Waals surface area (Å²) in [7, 11) is 0. The van der Waals surface area contributed by atoms with Gasteiger partial charge in [0.1, 0.15) is 0 Å². The Balaban J connectivity index is 2.86. The van der Waals surface area contributed by atoms with Crippen LogP contribution in [0.1, 0.15) is 24.6 Å². The third-order valence-electron chi connectivity index (χ3n) is 1.71. The lowest BCUT2D eigenvalue weighted by Gasteiger charge is -2.01. The number of hydrogen-bond donors (Lipinski definition) is 1. The SMILES string of the molecule is CCCc1ccc(CN)c(F)n1. The first-order valence-electron chi connectivity index (χ1n) is 4.12. The van der Waals surface area contributed by atoms with Crippen LogP contribution in [0.3, 0.4) is 0 Å². The van der Waals surface area contributed by atoms with E-state index in [-0.39, 0.29) is 6.54 Å². The van der Waals surface area contributed by atoms with Crippen molar-refractivity contribution >= 4 is 0 Å². The fourth-order valence-electron chi connectivity index (χ4n) is 1.05. The Kier molecular flexibility index (Phi) is 3.17. The second-order valence-electron chi connectivity index (χ2n) is 2.71. The van der Waals surface area contributed by atoms with Gasteiger partial charge in [0.05, 0.1) is 0 Å². The monoisotopic (exact) mass is 168 g/mol. The normalized spacial score (nSPS) is 10.2. The van der Waals surface area contributed by atoms with Crippen LogP contribution in [-0.4, -0.2) is 4.98 Å². The minimum Gasteiger partial charge on any atom is -0.326 e. The fraction of sp³-hybridized carbons (Fsp3) is 0.444. The standard InChI is InChI=1S/C9H13FN2/c1-2-3-8-5-4-7(6-11)9(10)12-8/h4-5H,2-3,6,11H2,1H3. The molecule has 66 valence electrons. The van der Waals surface area contributed by atoms with Gasteiger partial charge in [0.2, 0.25) is 5.95 Å². The Bertz CT molecular complexity index is 261. The summed E-state index contributed by atoms with van der Waals surface area (Å²) in [6, 6.07) is 3.53. The molecule has 2 N–H and O–H groups in total. The Morgan fingerprint density at radius 3 is 2.75 bits per heavy atom. The quantitative estimate of drug-likeness (QED) is 0.697. The lowest BCUT2D eigenvalue weighted by Crippen LogP contribution is -2.03. The molecule has 1 aromatic rings. The number of aromatic nitrogens is 1. The molecule has 3 heteroatoms. The predicted molar refractivity (Wildman–Crippen MR) is 46.1 cm³/mol. The first-order chi connectivity index (χ1) is 5.77. The number of hydrogen-bond acceptors (Lipinski definition) is 2. The maximum atomic E-state index is 13.0. The second kappa shape index (κ2) is 4.16. The number of rotatable bonds is 3. The van der Waals surface area contributed by atoms with Crippen molar-refractivity contribution in [2.24, 2.45) is 5.73 Å². The zero-order valence-corrected chi connectivity index (χ0v) is 7.18. The molecule has 0 unspecified atom stereocenters. The van der Waals surface area contributed by atoms with Crippen LogP contribution in [0, 0.1) is 5.95 Å². The molecule has 0 spiro atoms. The number of nitrogens with two attached hydrogens (primary N) is 1. The summed E-state index contributed by atoms with van der Waals surface area (Å²) in [5.74, 6) is -0.427. The Labute approximate surface area is 71.6 Å². The van der Waals surface area contributed by atoms with E-state index in [2.05, 4.69) is 4.98 Å². The van der Waals surface area contributed by atoms with Gasteiger partial charge < -0.3 is 5.73 Å². The molecule has 0 aliphatic heterocycles. The maximum absolute atomic E-state index is 13.0. The van der Waals surface area contributed by atoms with Crippen LogP contribution in [0.15, 0.2) is 12.1 Å². The number of aryl methyl sites for hydroxylation is 1. The number of nitrogens with zero attached hydrogens (tertiary/aromatic N) is 1. The summed E-state index contributed by atoms with van der Waals surface area (Å²) in [6.45, 7) is 2.25. The Hall–Kier alpha value is -0.960. The third-order valence-corrected chi connectivity index (χ3v) is 1.71. The minimum absolute atomic E-state index is 0.214. The molecule has 1 aromatic heterocycles. The zero-order valence-electron chi connectivity index (χ0n) is 7.18. The van der Waals surface area contributed by atoms with E-state index in [1.54, 1.807) is 6.07 Å². The number of halogens is 1. The highest BCUT2D eigenvalue weighted by Gasteiger charge is 2.02. The zero-order chi connectivity index (χ0) is 8.97. The van der Waals surface area contributed by atoms with Crippen molar-refractivity contribution in [2.45, 2.75) is 26.3 Å². The topological polar surface area (TPSA) is 38.9 Å². The summed E-state index contributed by atoms with van der Waals surface area (Å²) in [5.41, 5.74) is 6.57. The van der Waals surface area contributed by atoms with Crippen molar-refractivity contribution in [1.29, 1.82) is 0 Å². The van der Waals surface area contributed by atoms with Crippen LogP contribution >= 0.6 is 0 Å². The van der Waals surface area contributed by atoms with Crippen molar-refractivity contribution in [3.63, 3.8) is 0 Å². The molecule has 0 aliphatic rings. The maximum Gasteiger partial charge on any atom is 0.217 e. The van der Waals surface area contributed by atoms with E-state index in [0.29, 0.717) is 5.56 Å². The van der Waals surface area contributed by atoms with Crippen molar-refractivity contribution in [3.8, 4) is 0 Å². The Morgan fingerprint density at radius 1 is 1.50 bits per heavy atom. The Morgan fingerprint density at radius 2 is 2.25 bits per heavy atom. The first kappa shape index (κ1) is 9.13. The molecule has 1 heterocycles. The highest BCUT2D eigenvalue weighted by molar-refractivity contribution is 5.15. The van der Waals surface area contributed by atoms with Gasteiger partial charge >= 0.3 is 0 Å². The van der Waals surface area contributed by atoms with E-state index in [4.69, 9.17) is 5.73 Å². The molecule has 2 nitrogen and oxygen atoms in total. The summed E-state index contributed by atoms with van der Waals surface area (Å²) in [6.07, 6.45) is 1.80. The summed E-state index contributed by atoms with van der Waals surface area (Å²) >= 11 is 0. The van der Waals surface area contributed by atoms with Gasteiger partial charge in [0.25, 0.3) is 0 Å². The smallest absolute Gasteiger partial charge is 0.217 e. The van der Waals surface area contributed by atoms with Crippen LogP contribution in [0.25, 0.3) is 0 Å². The van der Waals surface area contributed by atoms with Crippen molar-refractivity contribution in [1.82, 2.24) is 4.98 Å². The lowest BCUT2D eigenvalue weighted by atomic mass is 10.2. The summed E-state index contributed by atoms with van der Waals surface area (Å²) in [4.78, 5) is 3.79. The predicted octanol–water partition coefficient (Wildman–Crippen LogP) is 1.63. The molecular formula is C9H13FN2. The largest absolute Gasteiger partial charge is 0.326 e. The molecule has 0 aliphatic carbocycles. The molecule has 0 amide bonds. The molecule has 0 atom stereocenters. The highest BCUT2D eigenvalue weighted by atomic mass is 19.1. The average Bonchev–Trinajstić information content (AvgIpc) is 2.05. The number of pyridine rings is 1. The van der Waals surface area contributed by atoms with Crippen LogP contribution in [0.5, 0.6) is 0 Å². The average molecular weight is 168 g/mol.